The Labute approximate surface area is 123 Å². The van der Waals surface area contributed by atoms with E-state index in [0.29, 0.717) is 11.5 Å². The monoisotopic (exact) mass is 295 g/mol. The van der Waals surface area contributed by atoms with Crippen LogP contribution >= 0.6 is 0 Å². The Balaban J connectivity index is 1.98. The molecule has 116 valence electrons. The number of hydrogen-bond acceptors (Lipinski definition) is 4. The van der Waals surface area contributed by atoms with E-state index >= 15 is 0 Å². The fourth-order valence-corrected chi connectivity index (χ4v) is 2.85. The lowest BCUT2D eigenvalue weighted by molar-refractivity contribution is -0.127. The maximum Gasteiger partial charge on any atom is 0.339 e. The minimum absolute atomic E-state index is 0.0558. The predicted octanol–water partition coefficient (Wildman–Crippen LogP) is 1.96. The zero-order valence-electron chi connectivity index (χ0n) is 12.7. The first-order valence-electron chi connectivity index (χ1n) is 7.07. The first-order valence-corrected chi connectivity index (χ1v) is 7.07. The van der Waals surface area contributed by atoms with Crippen LogP contribution in [0.25, 0.3) is 0 Å². The second-order valence-electron chi connectivity index (χ2n) is 5.64. The average Bonchev–Trinajstić information content (AvgIpc) is 2.88. The second-order valence-corrected chi connectivity index (χ2v) is 5.64. The van der Waals surface area contributed by atoms with Crippen molar-refractivity contribution in [2.45, 2.75) is 46.4 Å². The van der Waals surface area contributed by atoms with Crippen molar-refractivity contribution < 1.29 is 23.8 Å². The molecule has 21 heavy (non-hydrogen) atoms. The number of rotatable bonds is 4. The van der Waals surface area contributed by atoms with Gasteiger partial charge in [0, 0.05) is 0 Å². The summed E-state index contributed by atoms with van der Waals surface area (Å²) < 4.78 is 11.0. The van der Waals surface area contributed by atoms with Gasteiger partial charge in [0.1, 0.15) is 17.1 Å². The molecule has 2 heterocycles. The molecule has 1 aromatic rings. The quantitative estimate of drug-likeness (QED) is 0.886. The first kappa shape index (κ1) is 15.6. The highest BCUT2D eigenvalue weighted by atomic mass is 16.5. The normalized spacial score (nSPS) is 28.6. The molecular weight excluding hydrogens is 274 g/mol. The Hall–Kier alpha value is -1.82. The topological polar surface area (TPSA) is 88.8 Å². The van der Waals surface area contributed by atoms with Crippen LogP contribution < -0.4 is 5.32 Å². The van der Waals surface area contributed by atoms with Crippen molar-refractivity contribution in [1.29, 1.82) is 0 Å². The molecule has 6 nitrogen and oxygen atoms in total. The minimum Gasteiger partial charge on any atom is -0.478 e. The standard InChI is InChI=1S/C15H21NO5/c1-7-8(2)20-10(4)13(7)14(17)16-6-11-5-12(15(18)19)9(3)21-11/h5,7-8,10,13H,6H2,1-4H3,(H,16,17)(H,18,19). The van der Waals surface area contributed by atoms with Gasteiger partial charge in [-0.2, -0.15) is 0 Å². The molecule has 1 amide bonds. The van der Waals surface area contributed by atoms with Crippen LogP contribution in [-0.2, 0) is 16.1 Å². The van der Waals surface area contributed by atoms with Crippen molar-refractivity contribution in [1.82, 2.24) is 5.32 Å². The lowest BCUT2D eigenvalue weighted by Gasteiger charge is -2.17. The van der Waals surface area contributed by atoms with Crippen molar-refractivity contribution >= 4 is 11.9 Å². The molecule has 0 aliphatic carbocycles. The van der Waals surface area contributed by atoms with Crippen molar-refractivity contribution in [3.63, 3.8) is 0 Å². The SMILES string of the molecule is Cc1oc(CNC(=O)C2C(C)OC(C)C2C)cc1C(=O)O. The van der Waals surface area contributed by atoms with E-state index in [1.807, 2.05) is 20.8 Å². The number of aromatic carboxylic acids is 1. The number of amides is 1. The third-order valence-corrected chi connectivity index (χ3v) is 4.18. The summed E-state index contributed by atoms with van der Waals surface area (Å²) >= 11 is 0. The Kier molecular flexibility index (Phi) is 4.37. The zero-order chi connectivity index (χ0) is 15.7. The highest BCUT2D eigenvalue weighted by Crippen LogP contribution is 2.32. The van der Waals surface area contributed by atoms with Gasteiger partial charge in [0.25, 0.3) is 0 Å². The van der Waals surface area contributed by atoms with Gasteiger partial charge in [-0.25, -0.2) is 4.79 Å². The van der Waals surface area contributed by atoms with Crippen LogP contribution in [0, 0.1) is 18.8 Å². The molecule has 1 saturated heterocycles. The Morgan fingerprint density at radius 3 is 2.43 bits per heavy atom. The average molecular weight is 295 g/mol. The largest absolute Gasteiger partial charge is 0.478 e. The second kappa shape index (κ2) is 5.89. The molecule has 1 aromatic heterocycles. The molecule has 1 aliphatic heterocycles. The van der Waals surface area contributed by atoms with Crippen molar-refractivity contribution in [3.05, 3.63) is 23.2 Å². The van der Waals surface area contributed by atoms with Crippen LogP contribution in [0.3, 0.4) is 0 Å². The summed E-state index contributed by atoms with van der Waals surface area (Å²) in [7, 11) is 0. The Morgan fingerprint density at radius 1 is 1.29 bits per heavy atom. The van der Waals surface area contributed by atoms with Crippen molar-refractivity contribution in [3.8, 4) is 0 Å². The molecule has 6 heteroatoms. The first-order chi connectivity index (χ1) is 9.81. The number of aryl methyl sites for hydroxylation is 1. The van der Waals surface area contributed by atoms with E-state index in [1.165, 1.54) is 6.07 Å². The molecule has 1 aliphatic rings. The molecule has 0 radical (unpaired) electrons. The van der Waals surface area contributed by atoms with Gasteiger partial charge < -0.3 is 19.6 Å². The third-order valence-electron chi connectivity index (χ3n) is 4.18. The Bertz CT molecular complexity index is 550. The molecule has 0 bridgehead atoms. The number of ether oxygens (including phenoxy) is 1. The fraction of sp³-hybridized carbons (Fsp3) is 0.600. The molecule has 2 rings (SSSR count). The summed E-state index contributed by atoms with van der Waals surface area (Å²) in [4.78, 5) is 23.2. The van der Waals surface area contributed by atoms with E-state index in [0.717, 1.165) is 0 Å². The van der Waals surface area contributed by atoms with Gasteiger partial charge in [0.05, 0.1) is 24.7 Å². The van der Waals surface area contributed by atoms with E-state index in [9.17, 15) is 9.59 Å². The molecular formula is C15H21NO5. The highest BCUT2D eigenvalue weighted by Gasteiger charge is 2.41. The van der Waals surface area contributed by atoms with E-state index in [1.54, 1.807) is 6.92 Å². The number of furan rings is 1. The summed E-state index contributed by atoms with van der Waals surface area (Å²) in [5.41, 5.74) is 0.124. The van der Waals surface area contributed by atoms with Gasteiger partial charge in [-0.1, -0.05) is 6.92 Å². The Morgan fingerprint density at radius 2 is 1.95 bits per heavy atom. The van der Waals surface area contributed by atoms with E-state index in [-0.39, 0.29) is 42.1 Å². The van der Waals surface area contributed by atoms with Crippen LogP contribution in [0.5, 0.6) is 0 Å². The number of hydrogen-bond donors (Lipinski definition) is 2. The molecule has 0 aromatic carbocycles. The summed E-state index contributed by atoms with van der Waals surface area (Å²) in [6, 6.07) is 1.44. The third kappa shape index (κ3) is 3.10. The van der Waals surface area contributed by atoms with Gasteiger partial charge in [-0.3, -0.25) is 4.79 Å². The number of carbonyl (C=O) groups is 2. The van der Waals surface area contributed by atoms with Crippen LogP contribution in [0.2, 0.25) is 0 Å². The van der Waals surface area contributed by atoms with Crippen LogP contribution in [0.1, 0.15) is 42.6 Å². The summed E-state index contributed by atoms with van der Waals surface area (Å²) in [6.45, 7) is 7.62. The molecule has 0 spiro atoms. The van der Waals surface area contributed by atoms with Crippen LogP contribution in [0.4, 0.5) is 0 Å². The van der Waals surface area contributed by atoms with Gasteiger partial charge in [0.2, 0.25) is 5.91 Å². The fourth-order valence-electron chi connectivity index (χ4n) is 2.85. The minimum atomic E-state index is -1.03. The predicted molar refractivity (Wildman–Crippen MR) is 74.9 cm³/mol. The maximum absolute atomic E-state index is 12.3. The molecule has 0 saturated carbocycles. The summed E-state index contributed by atoms with van der Waals surface area (Å²) in [6.07, 6.45) is -0.0665. The van der Waals surface area contributed by atoms with Crippen molar-refractivity contribution in [2.75, 3.05) is 0 Å². The number of carboxylic acid groups (broad SMARTS) is 1. The van der Waals surface area contributed by atoms with Gasteiger partial charge in [-0.15, -0.1) is 0 Å². The van der Waals surface area contributed by atoms with Crippen LogP contribution in [-0.4, -0.2) is 29.2 Å². The summed E-state index contributed by atoms with van der Waals surface area (Å²) in [5.74, 6) is -0.404. The molecule has 4 unspecified atom stereocenters. The summed E-state index contributed by atoms with van der Waals surface area (Å²) in [5, 5.41) is 11.8. The smallest absolute Gasteiger partial charge is 0.339 e. The lowest BCUT2D eigenvalue weighted by Crippen LogP contribution is -2.36. The van der Waals surface area contributed by atoms with Gasteiger partial charge in [-0.05, 0) is 32.8 Å². The highest BCUT2D eigenvalue weighted by molar-refractivity contribution is 5.88. The van der Waals surface area contributed by atoms with E-state index in [2.05, 4.69) is 5.32 Å². The zero-order valence-corrected chi connectivity index (χ0v) is 12.7. The van der Waals surface area contributed by atoms with Gasteiger partial charge >= 0.3 is 5.97 Å². The molecule has 1 fully saturated rings. The maximum atomic E-state index is 12.3. The van der Waals surface area contributed by atoms with Crippen LogP contribution in [0.15, 0.2) is 10.5 Å². The van der Waals surface area contributed by atoms with Crippen molar-refractivity contribution in [2.24, 2.45) is 11.8 Å². The number of nitrogens with one attached hydrogen (secondary N) is 1. The number of carboxylic acids is 1. The van der Waals surface area contributed by atoms with E-state index < -0.39 is 5.97 Å². The lowest BCUT2D eigenvalue weighted by atomic mass is 9.89. The molecule has 2 N–H and O–H groups in total. The number of carbonyl (C=O) groups excluding carboxylic acids is 1. The van der Waals surface area contributed by atoms with E-state index in [4.69, 9.17) is 14.3 Å². The van der Waals surface area contributed by atoms with Gasteiger partial charge in [0.15, 0.2) is 0 Å². The molecule has 4 atom stereocenters.